The Balaban J connectivity index is 1.92. The van der Waals surface area contributed by atoms with Crippen LogP contribution in [0.3, 0.4) is 0 Å². The number of nitrogens with one attached hydrogen (secondary N) is 1. The summed E-state index contributed by atoms with van der Waals surface area (Å²) in [6.07, 6.45) is 0. The number of para-hydroxylation sites is 1. The molecule has 0 bridgehead atoms. The molecule has 170 valence electrons. The molecule has 0 spiro atoms. The SMILES string of the molecule is CCn1c(=O)c2ccccc2n(CC(=O)NC(c2ccc(C(C)(C)C)cc2)C(C)C)c1=O. The Kier molecular flexibility index (Phi) is 6.72. The maximum Gasteiger partial charge on any atom is 0.331 e. The molecule has 3 rings (SSSR count). The standard InChI is InChI=1S/C26H33N3O3/c1-7-28-24(31)20-10-8-9-11-21(20)29(25(28)32)16-22(30)27-23(17(2)3)18-12-14-19(15-13-18)26(4,5)6/h8-15,17,23H,7,16H2,1-6H3,(H,27,30). The smallest absolute Gasteiger partial charge is 0.331 e. The lowest BCUT2D eigenvalue weighted by atomic mass is 9.85. The molecule has 1 unspecified atom stereocenters. The van der Waals surface area contributed by atoms with Crippen LogP contribution < -0.4 is 16.6 Å². The van der Waals surface area contributed by atoms with E-state index in [0.717, 1.165) is 5.56 Å². The van der Waals surface area contributed by atoms with E-state index in [0.29, 0.717) is 10.9 Å². The Morgan fingerprint density at radius 2 is 1.59 bits per heavy atom. The lowest BCUT2D eigenvalue weighted by Crippen LogP contribution is -2.43. The number of carbonyl (C=O) groups excluding carboxylic acids is 1. The van der Waals surface area contributed by atoms with Gasteiger partial charge in [-0.15, -0.1) is 0 Å². The van der Waals surface area contributed by atoms with Gasteiger partial charge in [0.25, 0.3) is 5.56 Å². The van der Waals surface area contributed by atoms with Crippen LogP contribution in [-0.4, -0.2) is 15.0 Å². The van der Waals surface area contributed by atoms with E-state index < -0.39 is 5.69 Å². The second-order valence-electron chi connectivity index (χ2n) is 9.60. The van der Waals surface area contributed by atoms with E-state index in [2.05, 4.69) is 64.2 Å². The molecule has 0 radical (unpaired) electrons. The van der Waals surface area contributed by atoms with Crippen LogP contribution in [0.25, 0.3) is 10.9 Å². The predicted octanol–water partition coefficient (Wildman–Crippen LogP) is 3.99. The summed E-state index contributed by atoms with van der Waals surface area (Å²) >= 11 is 0. The largest absolute Gasteiger partial charge is 0.347 e. The lowest BCUT2D eigenvalue weighted by molar-refractivity contribution is -0.122. The van der Waals surface area contributed by atoms with Gasteiger partial charge in [-0.3, -0.25) is 18.7 Å². The summed E-state index contributed by atoms with van der Waals surface area (Å²) in [5.41, 5.74) is 1.98. The summed E-state index contributed by atoms with van der Waals surface area (Å²) in [7, 11) is 0. The van der Waals surface area contributed by atoms with Crippen LogP contribution in [0, 0.1) is 5.92 Å². The number of fused-ring (bicyclic) bond motifs is 1. The molecule has 32 heavy (non-hydrogen) atoms. The molecule has 1 heterocycles. The Labute approximate surface area is 188 Å². The molecule has 6 nitrogen and oxygen atoms in total. The van der Waals surface area contributed by atoms with Gasteiger partial charge >= 0.3 is 5.69 Å². The second-order valence-corrected chi connectivity index (χ2v) is 9.60. The summed E-state index contributed by atoms with van der Waals surface area (Å²) in [5, 5.41) is 3.53. The van der Waals surface area contributed by atoms with E-state index in [1.807, 2.05) is 0 Å². The Hall–Kier alpha value is -3.15. The fourth-order valence-corrected chi connectivity index (χ4v) is 3.99. The first-order valence-corrected chi connectivity index (χ1v) is 11.2. The van der Waals surface area contributed by atoms with E-state index in [9.17, 15) is 14.4 Å². The number of aromatic nitrogens is 2. The maximum atomic E-state index is 13.0. The molecule has 1 amide bonds. The van der Waals surface area contributed by atoms with Crippen molar-refractivity contribution in [3.63, 3.8) is 0 Å². The van der Waals surface area contributed by atoms with Gasteiger partial charge in [0.2, 0.25) is 5.91 Å². The quantitative estimate of drug-likeness (QED) is 0.636. The van der Waals surface area contributed by atoms with Gasteiger partial charge in [-0.25, -0.2) is 4.79 Å². The van der Waals surface area contributed by atoms with Gasteiger partial charge in [0.05, 0.1) is 16.9 Å². The summed E-state index contributed by atoms with van der Waals surface area (Å²) in [6.45, 7) is 12.5. The molecule has 1 aromatic heterocycles. The maximum absolute atomic E-state index is 13.0. The molecular formula is C26H33N3O3. The van der Waals surface area contributed by atoms with E-state index in [1.54, 1.807) is 31.2 Å². The molecule has 1 N–H and O–H groups in total. The highest BCUT2D eigenvalue weighted by Crippen LogP contribution is 2.26. The van der Waals surface area contributed by atoms with Gasteiger partial charge in [-0.05, 0) is 41.5 Å². The highest BCUT2D eigenvalue weighted by atomic mass is 16.2. The molecular weight excluding hydrogens is 402 g/mol. The highest BCUT2D eigenvalue weighted by molar-refractivity contribution is 5.81. The Morgan fingerprint density at radius 1 is 0.969 bits per heavy atom. The minimum Gasteiger partial charge on any atom is -0.347 e. The Bertz CT molecular complexity index is 1230. The van der Waals surface area contributed by atoms with Crippen molar-refractivity contribution in [1.82, 2.24) is 14.5 Å². The third-order valence-electron chi connectivity index (χ3n) is 5.87. The van der Waals surface area contributed by atoms with Gasteiger partial charge in [0.15, 0.2) is 0 Å². The summed E-state index contributed by atoms with van der Waals surface area (Å²) in [4.78, 5) is 38.6. The van der Waals surface area contributed by atoms with Crippen LogP contribution in [0.1, 0.15) is 58.7 Å². The average molecular weight is 436 g/mol. The Morgan fingerprint density at radius 3 is 2.16 bits per heavy atom. The molecule has 1 atom stereocenters. The van der Waals surface area contributed by atoms with Crippen molar-refractivity contribution in [3.05, 3.63) is 80.5 Å². The molecule has 2 aromatic carbocycles. The lowest BCUT2D eigenvalue weighted by Gasteiger charge is -2.25. The van der Waals surface area contributed by atoms with Crippen molar-refractivity contribution in [1.29, 1.82) is 0 Å². The minimum absolute atomic E-state index is 0.0553. The first-order chi connectivity index (χ1) is 15.0. The van der Waals surface area contributed by atoms with Crippen LogP contribution in [0.15, 0.2) is 58.1 Å². The van der Waals surface area contributed by atoms with E-state index >= 15 is 0 Å². The molecule has 0 aliphatic heterocycles. The molecule has 0 fully saturated rings. The third-order valence-corrected chi connectivity index (χ3v) is 5.87. The number of amides is 1. The number of benzene rings is 2. The first-order valence-electron chi connectivity index (χ1n) is 11.2. The van der Waals surface area contributed by atoms with E-state index in [4.69, 9.17) is 0 Å². The number of rotatable bonds is 6. The zero-order chi connectivity index (χ0) is 23.6. The van der Waals surface area contributed by atoms with Crippen molar-refractivity contribution in [2.75, 3.05) is 0 Å². The zero-order valence-corrected chi connectivity index (χ0v) is 19.8. The number of hydrogen-bond acceptors (Lipinski definition) is 3. The van der Waals surface area contributed by atoms with E-state index in [1.165, 1.54) is 14.7 Å². The minimum atomic E-state index is -0.470. The van der Waals surface area contributed by atoms with Crippen molar-refractivity contribution < 1.29 is 4.79 Å². The van der Waals surface area contributed by atoms with Gasteiger partial charge in [-0.2, -0.15) is 0 Å². The van der Waals surface area contributed by atoms with Gasteiger partial charge in [-0.1, -0.05) is 71.0 Å². The number of hydrogen-bond donors (Lipinski definition) is 1. The second kappa shape index (κ2) is 9.15. The highest BCUT2D eigenvalue weighted by Gasteiger charge is 2.21. The van der Waals surface area contributed by atoms with Crippen molar-refractivity contribution in [3.8, 4) is 0 Å². The number of nitrogens with zero attached hydrogens (tertiary/aromatic N) is 2. The molecule has 0 aliphatic rings. The predicted molar refractivity (Wildman–Crippen MR) is 129 cm³/mol. The van der Waals surface area contributed by atoms with Crippen LogP contribution >= 0.6 is 0 Å². The molecule has 0 saturated carbocycles. The monoisotopic (exact) mass is 435 g/mol. The third kappa shape index (κ3) is 4.69. The van der Waals surface area contributed by atoms with Crippen LogP contribution in [0.2, 0.25) is 0 Å². The normalized spacial score (nSPS) is 12.8. The topological polar surface area (TPSA) is 73.1 Å². The average Bonchev–Trinajstić information content (AvgIpc) is 2.74. The molecule has 0 saturated heterocycles. The van der Waals surface area contributed by atoms with Gasteiger partial charge < -0.3 is 5.32 Å². The molecule has 3 aromatic rings. The fourth-order valence-electron chi connectivity index (χ4n) is 3.99. The first kappa shape index (κ1) is 23.5. The zero-order valence-electron chi connectivity index (χ0n) is 19.8. The number of carbonyl (C=O) groups is 1. The van der Waals surface area contributed by atoms with Gasteiger partial charge in [0.1, 0.15) is 6.54 Å². The van der Waals surface area contributed by atoms with E-state index in [-0.39, 0.29) is 41.9 Å². The van der Waals surface area contributed by atoms with Gasteiger partial charge in [0, 0.05) is 6.54 Å². The summed E-state index contributed by atoms with van der Waals surface area (Å²) < 4.78 is 2.55. The molecule has 0 aliphatic carbocycles. The summed E-state index contributed by atoms with van der Waals surface area (Å²) in [6, 6.07) is 15.1. The van der Waals surface area contributed by atoms with Crippen molar-refractivity contribution in [2.24, 2.45) is 5.92 Å². The summed E-state index contributed by atoms with van der Waals surface area (Å²) in [5.74, 6) is -0.102. The van der Waals surface area contributed by atoms with Crippen LogP contribution in [0.4, 0.5) is 0 Å². The fraction of sp³-hybridized carbons (Fsp3) is 0.423. The van der Waals surface area contributed by atoms with Crippen molar-refractivity contribution >= 4 is 16.8 Å². The van der Waals surface area contributed by atoms with Crippen LogP contribution in [-0.2, 0) is 23.3 Å². The van der Waals surface area contributed by atoms with Crippen LogP contribution in [0.5, 0.6) is 0 Å². The van der Waals surface area contributed by atoms with Crippen molar-refractivity contribution in [2.45, 2.75) is 66.1 Å². The molecule has 6 heteroatoms.